The SMILES string of the molecule is C/C=C1/C[N@@+]2(C)[C@H]3C[C@@H]1[C@H](CO)[C@@H]2Cc1c3[nH]c2ccc(OC)cc12. The van der Waals surface area contributed by atoms with Crippen LogP contribution >= 0.6 is 0 Å². The summed E-state index contributed by atoms with van der Waals surface area (Å²) in [6, 6.07) is 7.38. The fraction of sp³-hybridized carbons (Fsp3) is 0.524. The average molecular weight is 339 g/mol. The second-order valence-electron chi connectivity index (χ2n) is 8.27. The Balaban J connectivity index is 1.71. The van der Waals surface area contributed by atoms with Gasteiger partial charge >= 0.3 is 0 Å². The van der Waals surface area contributed by atoms with Crippen LogP contribution in [0.4, 0.5) is 0 Å². The lowest BCUT2D eigenvalue weighted by Crippen LogP contribution is -2.70. The number of likely N-dealkylation sites (N-methyl/N-ethyl adjacent to an activating group) is 1. The first-order chi connectivity index (χ1) is 12.1. The van der Waals surface area contributed by atoms with Crippen LogP contribution in [0.25, 0.3) is 10.9 Å². The van der Waals surface area contributed by atoms with Crippen molar-refractivity contribution in [2.24, 2.45) is 11.8 Å². The van der Waals surface area contributed by atoms with E-state index in [9.17, 15) is 5.11 Å². The van der Waals surface area contributed by atoms with Gasteiger partial charge in [-0.1, -0.05) is 6.08 Å². The molecule has 3 saturated heterocycles. The van der Waals surface area contributed by atoms with Crippen molar-refractivity contribution < 1.29 is 14.3 Å². The standard InChI is InChI=1S/C21H27N2O2/c1-4-12-10-23(2)19-9-16-15-7-13(25-3)5-6-18(15)22-21(16)20(23)8-14(12)17(19)11-24/h4-7,14,17,19-20,22,24H,8-11H2,1-3H3/q+1/b12-4-/t14-,17-,19-,20-,23+/m0/s1. The average Bonchev–Trinajstić information content (AvgIpc) is 2.98. The van der Waals surface area contributed by atoms with Crippen LogP contribution in [-0.4, -0.2) is 47.9 Å². The molecular weight excluding hydrogens is 312 g/mol. The Morgan fingerprint density at radius 2 is 2.24 bits per heavy atom. The first kappa shape index (κ1) is 15.5. The van der Waals surface area contributed by atoms with Crippen LogP contribution in [0.1, 0.15) is 30.6 Å². The van der Waals surface area contributed by atoms with Crippen LogP contribution in [0.5, 0.6) is 5.75 Å². The molecule has 1 aromatic heterocycles. The van der Waals surface area contributed by atoms with Gasteiger partial charge in [-0.25, -0.2) is 0 Å². The van der Waals surface area contributed by atoms with E-state index in [1.54, 1.807) is 12.7 Å². The van der Waals surface area contributed by atoms with Gasteiger partial charge in [-0.05, 0) is 36.3 Å². The fourth-order valence-electron chi connectivity index (χ4n) is 6.17. The molecule has 4 aliphatic rings. The molecule has 4 aliphatic heterocycles. The number of aliphatic hydroxyl groups excluding tert-OH is 1. The number of nitrogens with one attached hydrogen (secondary N) is 1. The number of methoxy groups -OCH3 is 1. The lowest BCUT2D eigenvalue weighted by Gasteiger charge is -2.62. The molecule has 2 N–H and O–H groups in total. The number of nitrogens with zero attached hydrogens (tertiary/aromatic N) is 1. The van der Waals surface area contributed by atoms with Crippen LogP contribution in [0.2, 0.25) is 0 Å². The van der Waals surface area contributed by atoms with Crippen molar-refractivity contribution >= 4 is 10.9 Å². The van der Waals surface area contributed by atoms with Crippen molar-refractivity contribution in [2.75, 3.05) is 27.3 Å². The number of aromatic amines is 1. The number of fused-ring (bicyclic) bond motifs is 4. The van der Waals surface area contributed by atoms with E-state index in [1.165, 1.54) is 22.2 Å². The number of piperidine rings is 3. The summed E-state index contributed by atoms with van der Waals surface area (Å²) in [7, 11) is 4.14. The molecule has 0 radical (unpaired) electrons. The number of aliphatic hydroxyl groups is 1. The second kappa shape index (κ2) is 5.12. The number of aromatic nitrogens is 1. The number of allylic oxidation sites excluding steroid dienone is 1. The largest absolute Gasteiger partial charge is 0.497 e. The number of hydrogen-bond donors (Lipinski definition) is 2. The van der Waals surface area contributed by atoms with Gasteiger partial charge in [-0.2, -0.15) is 0 Å². The smallest absolute Gasteiger partial charge is 0.131 e. The van der Waals surface area contributed by atoms with Crippen LogP contribution in [0.15, 0.2) is 29.8 Å². The first-order valence-electron chi connectivity index (χ1n) is 9.40. The summed E-state index contributed by atoms with van der Waals surface area (Å²) in [5, 5.41) is 11.5. The zero-order valence-corrected chi connectivity index (χ0v) is 15.2. The highest BCUT2D eigenvalue weighted by Crippen LogP contribution is 2.57. The number of hydrogen-bond acceptors (Lipinski definition) is 2. The zero-order chi connectivity index (χ0) is 17.3. The minimum Gasteiger partial charge on any atom is -0.497 e. The third-order valence-corrected chi connectivity index (χ3v) is 7.43. The van der Waals surface area contributed by atoms with Crippen molar-refractivity contribution in [3.63, 3.8) is 0 Å². The third-order valence-electron chi connectivity index (χ3n) is 7.43. The van der Waals surface area contributed by atoms with Gasteiger partial charge in [-0.15, -0.1) is 0 Å². The van der Waals surface area contributed by atoms with Crippen LogP contribution in [0, 0.1) is 11.8 Å². The minimum atomic E-state index is 0.300. The predicted molar refractivity (Wildman–Crippen MR) is 98.6 cm³/mol. The molecule has 3 fully saturated rings. The normalized spacial score (nSPS) is 37.5. The maximum Gasteiger partial charge on any atom is 0.131 e. The van der Waals surface area contributed by atoms with E-state index in [0.717, 1.165) is 29.6 Å². The van der Waals surface area contributed by atoms with Crippen molar-refractivity contribution in [1.29, 1.82) is 0 Å². The lowest BCUT2D eigenvalue weighted by molar-refractivity contribution is -0.978. The van der Waals surface area contributed by atoms with Gasteiger partial charge in [0, 0.05) is 35.6 Å². The van der Waals surface area contributed by atoms with E-state index < -0.39 is 0 Å². The zero-order valence-electron chi connectivity index (χ0n) is 15.2. The predicted octanol–water partition coefficient (Wildman–Crippen LogP) is 3.18. The van der Waals surface area contributed by atoms with Gasteiger partial charge in [-0.3, -0.25) is 0 Å². The molecule has 25 heavy (non-hydrogen) atoms. The van der Waals surface area contributed by atoms with Crippen LogP contribution < -0.4 is 4.74 Å². The highest BCUT2D eigenvalue weighted by molar-refractivity contribution is 5.86. The molecule has 0 spiro atoms. The summed E-state index contributed by atoms with van der Waals surface area (Å²) >= 11 is 0. The molecule has 4 bridgehead atoms. The summed E-state index contributed by atoms with van der Waals surface area (Å²) in [6.45, 7) is 3.59. The number of H-pyrrole nitrogens is 1. The Hall–Kier alpha value is -1.78. The van der Waals surface area contributed by atoms with Gasteiger partial charge < -0.3 is 19.3 Å². The molecule has 0 amide bonds. The summed E-state index contributed by atoms with van der Waals surface area (Å²) in [6.07, 6.45) is 4.50. The first-order valence-corrected chi connectivity index (χ1v) is 9.40. The van der Waals surface area contributed by atoms with Crippen LogP contribution in [-0.2, 0) is 6.42 Å². The van der Waals surface area contributed by atoms with Gasteiger partial charge in [0.15, 0.2) is 0 Å². The number of rotatable bonds is 2. The number of quaternary nitrogens is 1. The Morgan fingerprint density at radius 1 is 1.40 bits per heavy atom. The van der Waals surface area contributed by atoms with Crippen molar-refractivity contribution in [3.8, 4) is 5.75 Å². The van der Waals surface area contributed by atoms with Crippen LogP contribution in [0.3, 0.4) is 0 Å². The van der Waals surface area contributed by atoms with Crippen molar-refractivity contribution in [3.05, 3.63) is 41.1 Å². The molecule has 0 aliphatic carbocycles. The molecule has 4 heteroatoms. The van der Waals surface area contributed by atoms with Gasteiger partial charge in [0.1, 0.15) is 18.3 Å². The van der Waals surface area contributed by atoms with E-state index in [0.29, 0.717) is 30.5 Å². The monoisotopic (exact) mass is 339 g/mol. The fourth-order valence-corrected chi connectivity index (χ4v) is 6.17. The summed E-state index contributed by atoms with van der Waals surface area (Å²) in [4.78, 5) is 3.75. The highest BCUT2D eigenvalue weighted by atomic mass is 16.5. The van der Waals surface area contributed by atoms with E-state index in [1.807, 2.05) is 6.07 Å². The Labute approximate surface area is 148 Å². The second-order valence-corrected chi connectivity index (χ2v) is 8.27. The Kier molecular flexibility index (Phi) is 3.17. The van der Waals surface area contributed by atoms with Gasteiger partial charge in [0.25, 0.3) is 0 Å². The molecule has 4 nitrogen and oxygen atoms in total. The third kappa shape index (κ3) is 1.84. The molecule has 5 heterocycles. The highest BCUT2D eigenvalue weighted by Gasteiger charge is 2.61. The number of benzene rings is 1. The maximum absolute atomic E-state index is 10.2. The lowest BCUT2D eigenvalue weighted by atomic mass is 9.62. The molecule has 1 aromatic carbocycles. The van der Waals surface area contributed by atoms with E-state index in [-0.39, 0.29) is 0 Å². The molecule has 0 unspecified atom stereocenters. The molecule has 2 aromatic rings. The van der Waals surface area contributed by atoms with E-state index >= 15 is 0 Å². The molecule has 0 saturated carbocycles. The minimum absolute atomic E-state index is 0.300. The quantitative estimate of drug-likeness (QED) is 0.652. The molecular formula is C21H27N2O2+. The Morgan fingerprint density at radius 3 is 2.96 bits per heavy atom. The van der Waals surface area contributed by atoms with Gasteiger partial charge in [0.05, 0.1) is 32.5 Å². The Bertz CT molecular complexity index is 883. The summed E-state index contributed by atoms with van der Waals surface area (Å²) < 4.78 is 6.51. The summed E-state index contributed by atoms with van der Waals surface area (Å²) in [5.41, 5.74) is 5.66. The molecule has 5 atom stereocenters. The summed E-state index contributed by atoms with van der Waals surface area (Å²) in [5.74, 6) is 1.84. The maximum atomic E-state index is 10.2. The van der Waals surface area contributed by atoms with E-state index in [4.69, 9.17) is 4.74 Å². The van der Waals surface area contributed by atoms with E-state index in [2.05, 4.69) is 37.2 Å². The van der Waals surface area contributed by atoms with Crippen molar-refractivity contribution in [2.45, 2.75) is 31.8 Å². The van der Waals surface area contributed by atoms with Gasteiger partial charge in [0.2, 0.25) is 0 Å². The molecule has 6 rings (SSSR count). The number of ether oxygens (including phenoxy) is 1. The molecule has 132 valence electrons. The topological polar surface area (TPSA) is 45.2 Å². The van der Waals surface area contributed by atoms with Crippen molar-refractivity contribution in [1.82, 2.24) is 4.98 Å².